The molecule has 0 spiro atoms. The average molecular weight is 197 g/mol. The molecule has 0 aliphatic rings. The van der Waals surface area contributed by atoms with Gasteiger partial charge >= 0.3 is 0 Å². The highest BCUT2D eigenvalue weighted by atomic mass is 16.5. The van der Waals surface area contributed by atoms with Crippen molar-refractivity contribution in [2.24, 2.45) is 0 Å². The summed E-state index contributed by atoms with van der Waals surface area (Å²) in [6.45, 7) is 0.591. The van der Waals surface area contributed by atoms with Crippen molar-refractivity contribution in [2.75, 3.05) is 26.1 Å². The lowest BCUT2D eigenvalue weighted by Crippen LogP contribution is -2.01. The van der Waals surface area contributed by atoms with Crippen LogP contribution in [0.3, 0.4) is 0 Å². The van der Waals surface area contributed by atoms with Gasteiger partial charge in [-0.25, -0.2) is 0 Å². The third kappa shape index (κ3) is 2.81. The molecule has 0 unspecified atom stereocenters. The fourth-order valence-electron chi connectivity index (χ4n) is 1.05. The number of methoxy groups -OCH3 is 1. The minimum absolute atomic E-state index is 0.122. The molecule has 1 rings (SSSR count). The number of anilines is 1. The Morgan fingerprint density at radius 3 is 2.79 bits per heavy atom. The van der Waals surface area contributed by atoms with Crippen LogP contribution in [-0.4, -0.2) is 25.4 Å². The standard InChI is InChI=1S/C10H15NO3/c1-13-10-7-8(11)3-4-9(10)14-6-2-5-12/h3-4,7,12H,2,5-6,11H2,1H3. The summed E-state index contributed by atoms with van der Waals surface area (Å²) in [6, 6.07) is 5.20. The smallest absolute Gasteiger partial charge is 0.162 e. The maximum absolute atomic E-state index is 8.58. The number of nitrogens with two attached hydrogens (primary N) is 1. The molecule has 4 heteroatoms. The van der Waals surface area contributed by atoms with Gasteiger partial charge in [-0.3, -0.25) is 0 Å². The Morgan fingerprint density at radius 2 is 2.14 bits per heavy atom. The Bertz CT molecular complexity index is 289. The fraction of sp³-hybridized carbons (Fsp3) is 0.400. The second-order valence-corrected chi connectivity index (χ2v) is 2.84. The number of rotatable bonds is 5. The fourth-order valence-corrected chi connectivity index (χ4v) is 1.05. The summed E-state index contributed by atoms with van der Waals surface area (Å²) >= 11 is 0. The number of hydrogen-bond acceptors (Lipinski definition) is 4. The van der Waals surface area contributed by atoms with Crippen molar-refractivity contribution in [3.05, 3.63) is 18.2 Å². The van der Waals surface area contributed by atoms with Crippen LogP contribution < -0.4 is 15.2 Å². The van der Waals surface area contributed by atoms with E-state index in [4.69, 9.17) is 20.3 Å². The van der Waals surface area contributed by atoms with E-state index in [9.17, 15) is 0 Å². The zero-order valence-corrected chi connectivity index (χ0v) is 8.19. The Morgan fingerprint density at radius 1 is 1.36 bits per heavy atom. The lowest BCUT2D eigenvalue weighted by molar-refractivity contribution is 0.228. The lowest BCUT2D eigenvalue weighted by atomic mass is 10.3. The molecule has 0 radical (unpaired) electrons. The van der Waals surface area contributed by atoms with Crippen molar-refractivity contribution in [3.8, 4) is 11.5 Å². The van der Waals surface area contributed by atoms with Crippen LogP contribution in [0.5, 0.6) is 11.5 Å². The van der Waals surface area contributed by atoms with Crippen molar-refractivity contribution >= 4 is 5.69 Å². The van der Waals surface area contributed by atoms with E-state index in [1.54, 1.807) is 25.3 Å². The van der Waals surface area contributed by atoms with E-state index in [0.29, 0.717) is 30.2 Å². The number of benzene rings is 1. The first kappa shape index (κ1) is 10.7. The third-order valence-electron chi connectivity index (χ3n) is 1.75. The quantitative estimate of drug-likeness (QED) is 0.546. The highest BCUT2D eigenvalue weighted by Gasteiger charge is 2.03. The molecule has 0 aromatic heterocycles. The van der Waals surface area contributed by atoms with Crippen LogP contribution in [0.15, 0.2) is 18.2 Å². The number of aliphatic hydroxyl groups excluding tert-OH is 1. The molecule has 0 aliphatic carbocycles. The molecule has 78 valence electrons. The number of ether oxygens (including phenoxy) is 2. The van der Waals surface area contributed by atoms with E-state index in [1.807, 2.05) is 0 Å². The molecule has 4 nitrogen and oxygen atoms in total. The lowest BCUT2D eigenvalue weighted by Gasteiger charge is -2.10. The first-order valence-corrected chi connectivity index (χ1v) is 4.45. The Kier molecular flexibility index (Phi) is 4.07. The van der Waals surface area contributed by atoms with Gasteiger partial charge in [-0.1, -0.05) is 0 Å². The van der Waals surface area contributed by atoms with Crippen LogP contribution in [0.4, 0.5) is 5.69 Å². The van der Waals surface area contributed by atoms with Gasteiger partial charge < -0.3 is 20.3 Å². The van der Waals surface area contributed by atoms with Crippen molar-refractivity contribution in [1.29, 1.82) is 0 Å². The second-order valence-electron chi connectivity index (χ2n) is 2.84. The summed E-state index contributed by atoms with van der Waals surface area (Å²) in [4.78, 5) is 0. The molecule has 0 saturated heterocycles. The van der Waals surface area contributed by atoms with Gasteiger partial charge in [0.15, 0.2) is 11.5 Å². The maximum Gasteiger partial charge on any atom is 0.162 e. The number of nitrogen functional groups attached to an aromatic ring is 1. The number of aliphatic hydroxyl groups is 1. The van der Waals surface area contributed by atoms with E-state index >= 15 is 0 Å². The van der Waals surface area contributed by atoms with Gasteiger partial charge in [0.25, 0.3) is 0 Å². The van der Waals surface area contributed by atoms with E-state index in [-0.39, 0.29) is 6.61 Å². The van der Waals surface area contributed by atoms with Crippen molar-refractivity contribution < 1.29 is 14.6 Å². The van der Waals surface area contributed by atoms with Gasteiger partial charge in [-0.15, -0.1) is 0 Å². The predicted octanol–water partition coefficient (Wildman–Crippen LogP) is 1.04. The summed E-state index contributed by atoms with van der Waals surface area (Å²) in [5.74, 6) is 1.26. The summed E-state index contributed by atoms with van der Waals surface area (Å²) in [6.07, 6.45) is 0.605. The number of hydrogen-bond donors (Lipinski definition) is 2. The summed E-state index contributed by atoms with van der Waals surface area (Å²) < 4.78 is 10.5. The van der Waals surface area contributed by atoms with Crippen LogP contribution in [0.2, 0.25) is 0 Å². The zero-order chi connectivity index (χ0) is 10.4. The largest absolute Gasteiger partial charge is 0.493 e. The second kappa shape index (κ2) is 5.34. The van der Waals surface area contributed by atoms with Crippen LogP contribution >= 0.6 is 0 Å². The molecular formula is C10H15NO3. The highest BCUT2D eigenvalue weighted by molar-refractivity contribution is 5.51. The van der Waals surface area contributed by atoms with E-state index in [1.165, 1.54) is 0 Å². The monoisotopic (exact) mass is 197 g/mol. The molecule has 3 N–H and O–H groups in total. The molecular weight excluding hydrogens is 182 g/mol. The van der Waals surface area contributed by atoms with Crippen LogP contribution in [0, 0.1) is 0 Å². The van der Waals surface area contributed by atoms with E-state index in [2.05, 4.69) is 0 Å². The highest BCUT2D eigenvalue weighted by Crippen LogP contribution is 2.28. The Balaban J connectivity index is 2.65. The first-order valence-electron chi connectivity index (χ1n) is 4.45. The molecule has 14 heavy (non-hydrogen) atoms. The van der Waals surface area contributed by atoms with Crippen molar-refractivity contribution in [1.82, 2.24) is 0 Å². The Labute approximate surface area is 83.3 Å². The van der Waals surface area contributed by atoms with E-state index in [0.717, 1.165) is 0 Å². The molecule has 0 aliphatic heterocycles. The SMILES string of the molecule is COc1cc(N)ccc1OCCCO. The summed E-state index contributed by atoms with van der Waals surface area (Å²) in [7, 11) is 1.56. The average Bonchev–Trinajstić information content (AvgIpc) is 2.20. The van der Waals surface area contributed by atoms with Gasteiger partial charge in [-0.2, -0.15) is 0 Å². The topological polar surface area (TPSA) is 64.7 Å². The van der Waals surface area contributed by atoms with Gasteiger partial charge in [0.05, 0.1) is 13.7 Å². The molecule has 0 heterocycles. The molecule has 0 atom stereocenters. The van der Waals surface area contributed by atoms with Gasteiger partial charge in [-0.05, 0) is 12.1 Å². The van der Waals surface area contributed by atoms with Crippen LogP contribution in [0.1, 0.15) is 6.42 Å². The summed E-state index contributed by atoms with van der Waals surface area (Å²) in [5.41, 5.74) is 6.22. The minimum atomic E-state index is 0.122. The van der Waals surface area contributed by atoms with Crippen LogP contribution in [0.25, 0.3) is 0 Å². The maximum atomic E-state index is 8.58. The molecule has 0 amide bonds. The predicted molar refractivity (Wildman–Crippen MR) is 54.6 cm³/mol. The Hall–Kier alpha value is -1.42. The van der Waals surface area contributed by atoms with Crippen LogP contribution in [-0.2, 0) is 0 Å². The molecule has 1 aromatic rings. The molecule has 0 bridgehead atoms. The van der Waals surface area contributed by atoms with E-state index < -0.39 is 0 Å². The summed E-state index contributed by atoms with van der Waals surface area (Å²) in [5, 5.41) is 8.58. The van der Waals surface area contributed by atoms with Gasteiger partial charge in [0.1, 0.15) is 0 Å². The molecule has 0 fully saturated rings. The first-order chi connectivity index (χ1) is 6.77. The van der Waals surface area contributed by atoms with Gasteiger partial charge in [0.2, 0.25) is 0 Å². The molecule has 1 aromatic carbocycles. The normalized spacial score (nSPS) is 9.86. The zero-order valence-electron chi connectivity index (χ0n) is 8.19. The van der Waals surface area contributed by atoms with Crippen molar-refractivity contribution in [2.45, 2.75) is 6.42 Å². The molecule has 0 saturated carbocycles. The minimum Gasteiger partial charge on any atom is -0.493 e. The third-order valence-corrected chi connectivity index (χ3v) is 1.75. The van der Waals surface area contributed by atoms with Crippen molar-refractivity contribution in [3.63, 3.8) is 0 Å². The van der Waals surface area contributed by atoms with Gasteiger partial charge in [0, 0.05) is 24.8 Å².